The van der Waals surface area contributed by atoms with Crippen LogP contribution >= 0.6 is 0 Å². The maximum atomic E-state index is 5.84. The van der Waals surface area contributed by atoms with Crippen molar-refractivity contribution in [2.24, 2.45) is 5.92 Å². The van der Waals surface area contributed by atoms with Gasteiger partial charge in [0.25, 0.3) is 0 Å². The van der Waals surface area contributed by atoms with E-state index in [4.69, 9.17) is 11.5 Å². The first-order chi connectivity index (χ1) is 9.66. The van der Waals surface area contributed by atoms with Crippen LogP contribution in [0.15, 0.2) is 12.1 Å². The predicted molar refractivity (Wildman–Crippen MR) is 86.5 cm³/mol. The molecule has 0 aliphatic heterocycles. The summed E-state index contributed by atoms with van der Waals surface area (Å²) in [5.41, 5.74) is 12.9. The molecule has 1 aromatic rings. The molecule has 0 aromatic carbocycles. The van der Waals surface area contributed by atoms with Crippen LogP contribution in [0.3, 0.4) is 0 Å². The summed E-state index contributed by atoms with van der Waals surface area (Å²) in [4.78, 5) is 4.08. The van der Waals surface area contributed by atoms with Crippen LogP contribution in [0.4, 0.5) is 11.6 Å². The average molecular weight is 275 g/mol. The van der Waals surface area contributed by atoms with E-state index in [1.165, 1.54) is 63.4 Å². The van der Waals surface area contributed by atoms with Gasteiger partial charge in [-0.2, -0.15) is 0 Å². The molecule has 4 N–H and O–H groups in total. The molecule has 1 fully saturated rings. The molecule has 0 amide bonds. The van der Waals surface area contributed by atoms with E-state index in [0.29, 0.717) is 17.6 Å². The van der Waals surface area contributed by atoms with Gasteiger partial charge in [-0.15, -0.1) is 0 Å². The first-order valence-corrected chi connectivity index (χ1v) is 8.20. The lowest BCUT2D eigenvalue weighted by Gasteiger charge is -2.25. The van der Waals surface area contributed by atoms with Crippen molar-refractivity contribution in [1.29, 1.82) is 0 Å². The summed E-state index contributed by atoms with van der Waals surface area (Å²) in [6, 6.07) is 4.00. The third kappa shape index (κ3) is 4.39. The summed E-state index contributed by atoms with van der Waals surface area (Å²) in [5.74, 6) is 2.38. The first kappa shape index (κ1) is 15.1. The van der Waals surface area contributed by atoms with Crippen molar-refractivity contribution in [1.82, 2.24) is 4.98 Å². The molecule has 1 unspecified atom stereocenters. The van der Waals surface area contributed by atoms with E-state index >= 15 is 0 Å². The van der Waals surface area contributed by atoms with Gasteiger partial charge >= 0.3 is 0 Å². The highest BCUT2D eigenvalue weighted by Gasteiger charge is 2.20. The Morgan fingerprint density at radius 2 is 1.35 bits per heavy atom. The van der Waals surface area contributed by atoms with Gasteiger partial charge in [-0.3, -0.25) is 0 Å². The van der Waals surface area contributed by atoms with Crippen LogP contribution in [-0.2, 0) is 0 Å². The molecule has 1 atom stereocenters. The zero-order valence-electron chi connectivity index (χ0n) is 12.8. The fraction of sp³-hybridized carbons (Fsp3) is 0.706. The van der Waals surface area contributed by atoms with E-state index in [-0.39, 0.29) is 0 Å². The number of hydrogen-bond donors (Lipinski definition) is 2. The number of nitrogens with two attached hydrogens (primary N) is 2. The van der Waals surface area contributed by atoms with Gasteiger partial charge in [0, 0.05) is 0 Å². The van der Waals surface area contributed by atoms with Crippen molar-refractivity contribution in [2.75, 3.05) is 11.5 Å². The summed E-state index contributed by atoms with van der Waals surface area (Å²) < 4.78 is 0. The number of aromatic nitrogens is 1. The van der Waals surface area contributed by atoms with Crippen LogP contribution in [-0.4, -0.2) is 4.98 Å². The normalized spacial score (nSPS) is 20.4. The summed E-state index contributed by atoms with van der Waals surface area (Å²) >= 11 is 0. The maximum Gasteiger partial charge on any atom is 0.126 e. The third-order valence-electron chi connectivity index (χ3n) is 4.77. The average Bonchev–Trinajstić information content (AvgIpc) is 2.43. The monoisotopic (exact) mass is 275 g/mol. The SMILES string of the molecule is CC(c1cc(N)nc(N)c1)C1CCCCCCCCC1. The second kappa shape index (κ2) is 7.51. The summed E-state index contributed by atoms with van der Waals surface area (Å²) in [6.45, 7) is 2.32. The zero-order chi connectivity index (χ0) is 14.4. The zero-order valence-corrected chi connectivity index (χ0v) is 12.8. The Kier molecular flexibility index (Phi) is 5.69. The molecule has 1 aliphatic carbocycles. The van der Waals surface area contributed by atoms with Gasteiger partial charge in [0.1, 0.15) is 11.6 Å². The minimum absolute atomic E-state index is 0.530. The van der Waals surface area contributed by atoms with Crippen molar-refractivity contribution < 1.29 is 0 Å². The quantitative estimate of drug-likeness (QED) is 0.835. The van der Waals surface area contributed by atoms with Crippen molar-refractivity contribution >= 4 is 11.6 Å². The molecule has 0 spiro atoms. The van der Waals surface area contributed by atoms with E-state index in [1.54, 1.807) is 0 Å². The molecule has 112 valence electrons. The summed E-state index contributed by atoms with van der Waals surface area (Å²) in [5, 5.41) is 0. The molecule has 3 nitrogen and oxygen atoms in total. The van der Waals surface area contributed by atoms with Crippen LogP contribution in [0.2, 0.25) is 0 Å². The molecule has 3 heteroatoms. The van der Waals surface area contributed by atoms with E-state index in [1.807, 2.05) is 12.1 Å². The Bertz CT molecular complexity index is 386. The third-order valence-corrected chi connectivity index (χ3v) is 4.77. The molecule has 1 heterocycles. The fourth-order valence-electron chi connectivity index (χ4n) is 3.47. The first-order valence-electron chi connectivity index (χ1n) is 8.20. The molecule has 1 aliphatic rings. The van der Waals surface area contributed by atoms with E-state index < -0.39 is 0 Å². The fourth-order valence-corrected chi connectivity index (χ4v) is 3.47. The number of nitrogens with zero attached hydrogens (tertiary/aromatic N) is 1. The highest BCUT2D eigenvalue weighted by Crippen LogP contribution is 2.34. The van der Waals surface area contributed by atoms with Crippen molar-refractivity contribution in [3.05, 3.63) is 17.7 Å². The Morgan fingerprint density at radius 3 is 1.85 bits per heavy atom. The lowest BCUT2D eigenvalue weighted by molar-refractivity contribution is 0.345. The van der Waals surface area contributed by atoms with Gasteiger partial charge in [-0.25, -0.2) is 4.98 Å². The maximum absolute atomic E-state index is 5.84. The molecular formula is C17H29N3. The number of anilines is 2. The second-order valence-corrected chi connectivity index (χ2v) is 6.35. The standard InChI is InChI=1S/C17H29N3/c1-13(15-11-16(18)20-17(19)12-15)14-9-7-5-3-2-4-6-8-10-14/h11-14H,2-10H2,1H3,(H4,18,19,20). The Labute approximate surface area is 123 Å². The molecule has 20 heavy (non-hydrogen) atoms. The Balaban J connectivity index is 2.05. The van der Waals surface area contributed by atoms with Crippen LogP contribution in [0.5, 0.6) is 0 Å². The lowest BCUT2D eigenvalue weighted by atomic mass is 9.80. The van der Waals surface area contributed by atoms with E-state index in [0.717, 1.165) is 5.92 Å². The number of pyridine rings is 1. The van der Waals surface area contributed by atoms with Crippen molar-refractivity contribution in [3.63, 3.8) is 0 Å². The highest BCUT2D eigenvalue weighted by molar-refractivity contribution is 5.44. The number of rotatable bonds is 2. The Morgan fingerprint density at radius 1 is 0.900 bits per heavy atom. The molecule has 0 radical (unpaired) electrons. The number of hydrogen-bond acceptors (Lipinski definition) is 3. The summed E-state index contributed by atoms with van der Waals surface area (Å²) in [7, 11) is 0. The molecule has 0 saturated heterocycles. The van der Waals surface area contributed by atoms with E-state index in [9.17, 15) is 0 Å². The van der Waals surface area contributed by atoms with Crippen LogP contribution in [0.1, 0.15) is 76.2 Å². The minimum Gasteiger partial charge on any atom is -0.384 e. The van der Waals surface area contributed by atoms with Crippen molar-refractivity contribution in [3.8, 4) is 0 Å². The molecule has 2 rings (SSSR count). The topological polar surface area (TPSA) is 64.9 Å². The molecule has 0 bridgehead atoms. The molecular weight excluding hydrogens is 246 g/mol. The van der Waals surface area contributed by atoms with Gasteiger partial charge in [-0.1, -0.05) is 51.9 Å². The Hall–Kier alpha value is -1.25. The predicted octanol–water partition coefficient (Wildman–Crippen LogP) is 4.49. The van der Waals surface area contributed by atoms with E-state index in [2.05, 4.69) is 11.9 Å². The van der Waals surface area contributed by atoms with Crippen molar-refractivity contribution in [2.45, 2.75) is 70.6 Å². The van der Waals surface area contributed by atoms with Gasteiger partial charge in [0.2, 0.25) is 0 Å². The van der Waals surface area contributed by atoms with Gasteiger partial charge in [-0.05, 0) is 42.4 Å². The van der Waals surface area contributed by atoms with Crippen LogP contribution in [0, 0.1) is 5.92 Å². The smallest absolute Gasteiger partial charge is 0.126 e. The second-order valence-electron chi connectivity index (χ2n) is 6.35. The molecule has 1 saturated carbocycles. The molecule has 1 aromatic heterocycles. The number of nitrogen functional groups attached to an aromatic ring is 2. The highest BCUT2D eigenvalue weighted by atomic mass is 14.9. The largest absolute Gasteiger partial charge is 0.384 e. The van der Waals surface area contributed by atoms with Crippen LogP contribution < -0.4 is 11.5 Å². The van der Waals surface area contributed by atoms with Gasteiger partial charge in [0.05, 0.1) is 0 Å². The minimum atomic E-state index is 0.530. The van der Waals surface area contributed by atoms with Gasteiger partial charge in [0.15, 0.2) is 0 Å². The van der Waals surface area contributed by atoms with Crippen LogP contribution in [0.25, 0.3) is 0 Å². The van der Waals surface area contributed by atoms with Gasteiger partial charge < -0.3 is 11.5 Å². The summed E-state index contributed by atoms with van der Waals surface area (Å²) in [6.07, 6.45) is 12.4. The lowest BCUT2D eigenvalue weighted by Crippen LogP contribution is -2.12.